The number of aromatic amines is 1. The van der Waals surface area contributed by atoms with E-state index in [4.69, 9.17) is 10.2 Å². The van der Waals surface area contributed by atoms with Gasteiger partial charge in [-0.25, -0.2) is 0 Å². The standard InChI is InChI=1S/C10H14N2O5/c1-6-4-8(13)12(11-6)3-2-7(10(16)17)5-9(14)15/h4,7,11H,2-3,5H2,1H3,(H,14,15)(H,16,17). The van der Waals surface area contributed by atoms with E-state index >= 15 is 0 Å². The summed E-state index contributed by atoms with van der Waals surface area (Å²) in [5.41, 5.74) is 0.432. The summed E-state index contributed by atoms with van der Waals surface area (Å²) in [4.78, 5) is 32.6. The Hall–Kier alpha value is -2.05. The van der Waals surface area contributed by atoms with Crippen molar-refractivity contribution in [3.8, 4) is 0 Å². The number of H-pyrrole nitrogens is 1. The van der Waals surface area contributed by atoms with Crippen LogP contribution in [-0.4, -0.2) is 31.9 Å². The summed E-state index contributed by atoms with van der Waals surface area (Å²) in [6, 6.07) is 1.40. The third kappa shape index (κ3) is 3.78. The number of hydrogen-bond donors (Lipinski definition) is 3. The minimum absolute atomic E-state index is 0.0987. The summed E-state index contributed by atoms with van der Waals surface area (Å²) in [5, 5.41) is 20.1. The quantitative estimate of drug-likeness (QED) is 0.652. The Balaban J connectivity index is 2.64. The second-order valence-corrected chi connectivity index (χ2v) is 3.85. The van der Waals surface area contributed by atoms with Crippen LogP contribution in [-0.2, 0) is 16.1 Å². The Labute approximate surface area is 96.7 Å². The molecule has 1 aromatic heterocycles. The van der Waals surface area contributed by atoms with Crippen molar-refractivity contribution in [2.75, 3.05) is 0 Å². The van der Waals surface area contributed by atoms with Gasteiger partial charge >= 0.3 is 11.9 Å². The largest absolute Gasteiger partial charge is 0.481 e. The molecule has 0 saturated heterocycles. The molecule has 0 saturated carbocycles. The number of aryl methyl sites for hydroxylation is 2. The number of aromatic nitrogens is 2. The van der Waals surface area contributed by atoms with E-state index in [1.54, 1.807) is 6.92 Å². The van der Waals surface area contributed by atoms with Crippen molar-refractivity contribution in [3.05, 3.63) is 22.1 Å². The van der Waals surface area contributed by atoms with Gasteiger partial charge in [0.25, 0.3) is 5.56 Å². The van der Waals surface area contributed by atoms with E-state index in [0.29, 0.717) is 5.69 Å². The fourth-order valence-electron chi connectivity index (χ4n) is 1.54. The summed E-state index contributed by atoms with van der Waals surface area (Å²) in [6.07, 6.45) is -0.342. The topological polar surface area (TPSA) is 112 Å². The fourth-order valence-corrected chi connectivity index (χ4v) is 1.54. The molecular weight excluding hydrogens is 228 g/mol. The lowest BCUT2D eigenvalue weighted by Crippen LogP contribution is -2.23. The molecule has 0 fully saturated rings. The van der Waals surface area contributed by atoms with E-state index in [0.717, 1.165) is 0 Å². The van der Waals surface area contributed by atoms with Crippen molar-refractivity contribution in [3.63, 3.8) is 0 Å². The van der Waals surface area contributed by atoms with Crippen molar-refractivity contribution in [2.45, 2.75) is 26.3 Å². The Morgan fingerprint density at radius 2 is 2.12 bits per heavy atom. The molecule has 3 N–H and O–H groups in total. The smallest absolute Gasteiger partial charge is 0.307 e. The molecule has 0 amide bonds. The SMILES string of the molecule is Cc1cc(=O)n(CCC(CC(=O)O)C(=O)O)[nH]1. The molecule has 0 bridgehead atoms. The van der Waals surface area contributed by atoms with Gasteiger partial charge in [0.2, 0.25) is 0 Å². The van der Waals surface area contributed by atoms with E-state index in [9.17, 15) is 14.4 Å². The lowest BCUT2D eigenvalue weighted by atomic mass is 10.0. The van der Waals surface area contributed by atoms with E-state index in [-0.39, 0.29) is 18.5 Å². The Morgan fingerprint density at radius 1 is 1.47 bits per heavy atom. The normalized spacial score (nSPS) is 12.3. The first-order chi connectivity index (χ1) is 7.90. The molecular formula is C10H14N2O5. The maximum atomic E-state index is 11.3. The highest BCUT2D eigenvalue weighted by molar-refractivity contribution is 5.77. The minimum atomic E-state index is -1.16. The lowest BCUT2D eigenvalue weighted by Gasteiger charge is -2.09. The van der Waals surface area contributed by atoms with Crippen LogP contribution >= 0.6 is 0 Å². The number of carboxylic acid groups (broad SMARTS) is 2. The molecule has 1 rings (SSSR count). The maximum absolute atomic E-state index is 11.3. The van der Waals surface area contributed by atoms with Gasteiger partial charge in [-0.3, -0.25) is 19.1 Å². The van der Waals surface area contributed by atoms with Gasteiger partial charge in [0.15, 0.2) is 0 Å². The summed E-state index contributed by atoms with van der Waals surface area (Å²) in [5.74, 6) is -3.31. The summed E-state index contributed by atoms with van der Waals surface area (Å²) < 4.78 is 1.27. The van der Waals surface area contributed by atoms with Gasteiger partial charge in [-0.1, -0.05) is 0 Å². The predicted octanol–water partition coefficient (Wildman–Crippen LogP) is 0.0504. The van der Waals surface area contributed by atoms with Gasteiger partial charge in [-0.05, 0) is 13.3 Å². The van der Waals surface area contributed by atoms with Crippen LogP contribution in [0.5, 0.6) is 0 Å². The molecule has 1 atom stereocenters. The van der Waals surface area contributed by atoms with Crippen LogP contribution < -0.4 is 5.56 Å². The zero-order valence-corrected chi connectivity index (χ0v) is 9.34. The third-order valence-electron chi connectivity index (χ3n) is 2.39. The van der Waals surface area contributed by atoms with Gasteiger partial charge in [-0.15, -0.1) is 0 Å². The molecule has 1 heterocycles. The van der Waals surface area contributed by atoms with Crippen LogP contribution in [0.3, 0.4) is 0 Å². The number of rotatable bonds is 6. The minimum Gasteiger partial charge on any atom is -0.481 e. The Bertz CT molecular complexity index is 473. The van der Waals surface area contributed by atoms with Crippen LogP contribution in [0, 0.1) is 12.8 Å². The molecule has 0 aliphatic carbocycles. The molecule has 0 aromatic carbocycles. The van der Waals surface area contributed by atoms with Crippen molar-refractivity contribution in [1.82, 2.24) is 9.78 Å². The first kappa shape index (κ1) is 13.0. The highest BCUT2D eigenvalue weighted by atomic mass is 16.4. The summed E-state index contributed by atoms with van der Waals surface area (Å²) in [6.45, 7) is 1.88. The van der Waals surface area contributed by atoms with Gasteiger partial charge in [0.1, 0.15) is 0 Å². The zero-order valence-electron chi connectivity index (χ0n) is 9.34. The number of aliphatic carboxylic acids is 2. The number of carbonyl (C=O) groups is 2. The summed E-state index contributed by atoms with van der Waals surface area (Å²) in [7, 11) is 0. The van der Waals surface area contributed by atoms with Crippen LogP contribution in [0.25, 0.3) is 0 Å². The first-order valence-corrected chi connectivity index (χ1v) is 5.11. The third-order valence-corrected chi connectivity index (χ3v) is 2.39. The average Bonchev–Trinajstić information content (AvgIpc) is 2.51. The molecule has 7 heteroatoms. The Morgan fingerprint density at radius 3 is 2.53 bits per heavy atom. The molecule has 1 aromatic rings. The van der Waals surface area contributed by atoms with Gasteiger partial charge in [0.05, 0.1) is 12.3 Å². The lowest BCUT2D eigenvalue weighted by molar-refractivity contribution is -0.148. The van der Waals surface area contributed by atoms with E-state index in [1.807, 2.05) is 0 Å². The zero-order chi connectivity index (χ0) is 13.0. The van der Waals surface area contributed by atoms with E-state index in [2.05, 4.69) is 5.10 Å². The number of nitrogens with zero attached hydrogens (tertiary/aromatic N) is 1. The van der Waals surface area contributed by atoms with Gasteiger partial charge < -0.3 is 15.3 Å². The van der Waals surface area contributed by atoms with Crippen molar-refractivity contribution in [1.29, 1.82) is 0 Å². The highest BCUT2D eigenvalue weighted by Crippen LogP contribution is 2.10. The number of nitrogens with one attached hydrogen (secondary N) is 1. The molecule has 7 nitrogen and oxygen atoms in total. The van der Waals surface area contributed by atoms with E-state index < -0.39 is 24.3 Å². The van der Waals surface area contributed by atoms with Crippen molar-refractivity contribution >= 4 is 11.9 Å². The summed E-state index contributed by atoms with van der Waals surface area (Å²) >= 11 is 0. The second kappa shape index (κ2) is 5.33. The van der Waals surface area contributed by atoms with Crippen molar-refractivity contribution in [2.24, 2.45) is 5.92 Å². The van der Waals surface area contributed by atoms with E-state index in [1.165, 1.54) is 10.7 Å². The Kier molecular flexibility index (Phi) is 4.08. The average molecular weight is 242 g/mol. The van der Waals surface area contributed by atoms with Crippen LogP contribution in [0.2, 0.25) is 0 Å². The van der Waals surface area contributed by atoms with Crippen molar-refractivity contribution < 1.29 is 19.8 Å². The molecule has 17 heavy (non-hydrogen) atoms. The molecule has 0 aliphatic rings. The molecule has 1 unspecified atom stereocenters. The van der Waals surface area contributed by atoms with Crippen LogP contribution in [0.4, 0.5) is 0 Å². The first-order valence-electron chi connectivity index (χ1n) is 5.11. The second-order valence-electron chi connectivity index (χ2n) is 3.85. The van der Waals surface area contributed by atoms with Gasteiger partial charge in [-0.2, -0.15) is 0 Å². The monoisotopic (exact) mass is 242 g/mol. The fraction of sp³-hybridized carbons (Fsp3) is 0.500. The molecule has 0 spiro atoms. The van der Waals surface area contributed by atoms with Gasteiger partial charge in [0, 0.05) is 18.3 Å². The van der Waals surface area contributed by atoms with Crippen LogP contribution in [0.1, 0.15) is 18.5 Å². The number of hydrogen-bond acceptors (Lipinski definition) is 3. The van der Waals surface area contributed by atoms with Crippen LogP contribution in [0.15, 0.2) is 10.9 Å². The molecule has 0 radical (unpaired) electrons. The number of carboxylic acids is 2. The predicted molar refractivity (Wildman–Crippen MR) is 57.8 cm³/mol. The molecule has 94 valence electrons. The highest BCUT2D eigenvalue weighted by Gasteiger charge is 2.21. The molecule has 0 aliphatic heterocycles. The maximum Gasteiger partial charge on any atom is 0.307 e.